The van der Waals surface area contributed by atoms with Gasteiger partial charge in [-0.15, -0.1) is 0 Å². The minimum absolute atomic E-state index is 0. The van der Waals surface area contributed by atoms with Crippen molar-refractivity contribution in [3.8, 4) is 34.5 Å². The Bertz CT molecular complexity index is 696. The summed E-state index contributed by atoms with van der Waals surface area (Å²) in [4.78, 5) is 0. The Morgan fingerprint density at radius 1 is 0.600 bits per heavy atom. The van der Waals surface area contributed by atoms with Crippen LogP contribution in [0, 0.1) is 49.4 Å². The zero-order valence-electron chi connectivity index (χ0n) is 12.0. The predicted octanol–water partition coefficient (Wildman–Crippen LogP) is -0.322. The normalized spacial score (nSPS) is 9.28. The molecule has 0 fully saturated rings. The van der Waals surface area contributed by atoms with Gasteiger partial charge in [-0.2, -0.15) is 0 Å². The summed E-state index contributed by atoms with van der Waals surface area (Å²) in [6, 6.07) is 3.96. The van der Waals surface area contributed by atoms with Crippen LogP contribution >= 0.6 is 24.4 Å². The van der Waals surface area contributed by atoms with E-state index in [9.17, 15) is 10.2 Å². The van der Waals surface area contributed by atoms with Gasteiger partial charge in [0.25, 0.3) is 0 Å². The molecule has 0 unspecified atom stereocenters. The monoisotopic (exact) mass is 523 g/mol. The fourth-order valence-electron chi connectivity index (χ4n) is 1.44. The molecule has 6 N–H and O–H groups in total. The van der Waals surface area contributed by atoms with E-state index in [0.717, 1.165) is 24.3 Å². The fourth-order valence-corrected chi connectivity index (χ4v) is 1.68. The van der Waals surface area contributed by atoms with Crippen molar-refractivity contribution in [2.24, 2.45) is 0 Å². The van der Waals surface area contributed by atoms with E-state index in [-0.39, 0.29) is 60.5 Å². The first-order valence-corrected chi connectivity index (χ1v) is 6.78. The molecule has 0 amide bonds. The summed E-state index contributed by atoms with van der Waals surface area (Å²) in [6.07, 6.45) is 0. The molecule has 8 nitrogen and oxygen atoms in total. The number of hydrogen-bond acceptors (Lipinski definition) is 10. The quantitative estimate of drug-likeness (QED) is 0.227. The van der Waals surface area contributed by atoms with Crippen molar-refractivity contribution >= 4 is 34.5 Å². The standard InChI is InChI=1S/2C7H6O4S.Eu/c2*8-4-1-3(7(11)12)2-5(9)6(4)10;/h2*1-2,8-10H,(H,11,12);/q;;+2/p-2. The first-order valence-electron chi connectivity index (χ1n) is 5.97. The van der Waals surface area contributed by atoms with Crippen LogP contribution in [0.15, 0.2) is 24.3 Å². The first kappa shape index (κ1) is 23.6. The molecular formula is C14H10EuO8S2. The zero-order valence-corrected chi connectivity index (χ0v) is 16.1. The largest absolute Gasteiger partial charge is 2.00 e. The Morgan fingerprint density at radius 3 is 0.960 bits per heavy atom. The van der Waals surface area contributed by atoms with E-state index in [1.165, 1.54) is 0 Å². The summed E-state index contributed by atoms with van der Waals surface area (Å²) < 4.78 is 0. The van der Waals surface area contributed by atoms with Crippen molar-refractivity contribution < 1.29 is 90.2 Å². The van der Waals surface area contributed by atoms with Crippen LogP contribution in [-0.4, -0.2) is 40.7 Å². The molecule has 0 aliphatic heterocycles. The molecule has 0 aliphatic rings. The summed E-state index contributed by atoms with van der Waals surface area (Å²) in [5, 5.41) is 73.1. The predicted molar refractivity (Wildman–Crippen MR) is 86.3 cm³/mol. The molecule has 0 atom stereocenters. The average Bonchev–Trinajstić information content (AvgIpc) is 2.49. The molecule has 0 aliphatic carbocycles. The summed E-state index contributed by atoms with van der Waals surface area (Å²) in [7, 11) is 0. The molecule has 11 heteroatoms. The molecule has 0 aromatic heterocycles. The van der Waals surface area contributed by atoms with Crippen molar-refractivity contribution in [3.05, 3.63) is 35.4 Å². The van der Waals surface area contributed by atoms with Crippen molar-refractivity contribution in [1.29, 1.82) is 0 Å². The molecular weight excluding hydrogens is 512 g/mol. The second-order valence-electron chi connectivity index (χ2n) is 4.30. The zero-order chi connectivity index (χ0) is 18.6. The van der Waals surface area contributed by atoms with E-state index in [2.05, 4.69) is 24.4 Å². The molecule has 133 valence electrons. The van der Waals surface area contributed by atoms with Gasteiger partial charge in [-0.3, -0.25) is 0 Å². The SMILES string of the molecule is [Eu+2].[O-]C(=S)c1cc(O)c(O)c(O)c1.[O-]C(=S)c1cc(O)c(O)c(O)c1. The van der Waals surface area contributed by atoms with Crippen LogP contribution in [0.5, 0.6) is 34.5 Å². The summed E-state index contributed by atoms with van der Waals surface area (Å²) in [6.45, 7) is 0. The molecule has 0 saturated heterocycles. The smallest absolute Gasteiger partial charge is 0.864 e. The first-order chi connectivity index (χ1) is 11.0. The molecule has 2 aromatic rings. The molecule has 2 rings (SSSR count). The Morgan fingerprint density at radius 2 is 0.800 bits per heavy atom. The maximum Gasteiger partial charge on any atom is 2.00 e. The molecule has 25 heavy (non-hydrogen) atoms. The van der Waals surface area contributed by atoms with Gasteiger partial charge in [0.05, 0.1) is 0 Å². The van der Waals surface area contributed by atoms with Crippen LogP contribution in [0.1, 0.15) is 11.1 Å². The summed E-state index contributed by atoms with van der Waals surface area (Å²) >= 11 is 8.53. The average molecular weight is 522 g/mol. The third-order valence-corrected chi connectivity index (χ3v) is 3.08. The van der Waals surface area contributed by atoms with Gasteiger partial charge >= 0.3 is 49.4 Å². The van der Waals surface area contributed by atoms with Crippen LogP contribution in [0.25, 0.3) is 0 Å². The second kappa shape index (κ2) is 9.92. The Labute approximate surface area is 192 Å². The van der Waals surface area contributed by atoms with E-state index < -0.39 is 44.6 Å². The molecule has 1 radical (unpaired) electrons. The second-order valence-corrected chi connectivity index (χ2v) is 5.04. The van der Waals surface area contributed by atoms with Gasteiger partial charge in [0.2, 0.25) is 0 Å². The van der Waals surface area contributed by atoms with Crippen LogP contribution in [0.4, 0.5) is 0 Å². The topological polar surface area (TPSA) is 168 Å². The molecule has 0 bridgehead atoms. The summed E-state index contributed by atoms with van der Waals surface area (Å²) in [5.74, 6) is -3.58. The minimum atomic E-state index is -0.708. The Hall–Kier alpha value is -1.40. The third-order valence-electron chi connectivity index (χ3n) is 2.61. The van der Waals surface area contributed by atoms with Gasteiger partial charge in [0.15, 0.2) is 34.5 Å². The molecule has 0 saturated carbocycles. The van der Waals surface area contributed by atoms with Gasteiger partial charge in [-0.25, -0.2) is 0 Å². The number of aromatic hydroxyl groups is 6. The van der Waals surface area contributed by atoms with Gasteiger partial charge in [0, 0.05) is 0 Å². The Kier molecular flexibility index (Phi) is 9.37. The van der Waals surface area contributed by atoms with Gasteiger partial charge in [-0.1, -0.05) is 24.4 Å². The number of benzene rings is 2. The van der Waals surface area contributed by atoms with Crippen LogP contribution in [0.2, 0.25) is 0 Å². The maximum absolute atomic E-state index is 10.6. The molecule has 2 aromatic carbocycles. The van der Waals surface area contributed by atoms with Crippen LogP contribution < -0.4 is 10.2 Å². The van der Waals surface area contributed by atoms with E-state index >= 15 is 0 Å². The van der Waals surface area contributed by atoms with Gasteiger partial charge in [0.1, 0.15) is 0 Å². The van der Waals surface area contributed by atoms with Crippen molar-refractivity contribution in [1.82, 2.24) is 0 Å². The van der Waals surface area contributed by atoms with E-state index in [1.54, 1.807) is 0 Å². The van der Waals surface area contributed by atoms with Gasteiger partial charge in [-0.05, 0) is 45.5 Å². The number of hydrogen-bond donors (Lipinski definition) is 6. The molecule has 0 spiro atoms. The van der Waals surface area contributed by atoms with Crippen molar-refractivity contribution in [3.63, 3.8) is 0 Å². The number of thiocarbonyl (C=S) groups is 2. The van der Waals surface area contributed by atoms with Crippen LogP contribution in [-0.2, 0) is 0 Å². The maximum atomic E-state index is 10.6. The van der Waals surface area contributed by atoms with E-state index in [1.807, 2.05) is 0 Å². The van der Waals surface area contributed by atoms with E-state index in [4.69, 9.17) is 30.6 Å². The van der Waals surface area contributed by atoms with Crippen molar-refractivity contribution in [2.75, 3.05) is 0 Å². The van der Waals surface area contributed by atoms with Crippen molar-refractivity contribution in [2.45, 2.75) is 0 Å². The minimum Gasteiger partial charge on any atom is -0.864 e. The Balaban J connectivity index is 0.000000443. The summed E-state index contributed by atoms with van der Waals surface area (Å²) in [5.41, 5.74) is -0.0596. The number of rotatable bonds is 2. The fraction of sp³-hybridized carbons (Fsp3) is 0. The van der Waals surface area contributed by atoms with Crippen LogP contribution in [0.3, 0.4) is 0 Å². The number of phenolic OH excluding ortho intramolecular Hbond substituents is 6. The van der Waals surface area contributed by atoms with Gasteiger partial charge < -0.3 is 40.9 Å². The third kappa shape index (κ3) is 6.44. The van der Waals surface area contributed by atoms with E-state index in [0.29, 0.717) is 0 Å². The molecule has 0 heterocycles. The number of phenols is 6.